The second-order valence-corrected chi connectivity index (χ2v) is 4.63. The number of carbonyl (C=O) groups is 1. The average molecular weight is 282 g/mol. The van der Waals surface area contributed by atoms with Crippen molar-refractivity contribution in [2.45, 2.75) is 13.0 Å². The monoisotopic (exact) mass is 281 g/mol. The number of rotatable bonds is 1. The Hall–Kier alpha value is -1.66. The minimum Gasteiger partial charge on any atom is -0.336 e. The molecule has 0 spiro atoms. The van der Waals surface area contributed by atoms with Gasteiger partial charge >= 0.3 is 0 Å². The third-order valence-electron chi connectivity index (χ3n) is 3.22. The summed E-state index contributed by atoms with van der Waals surface area (Å²) in [6, 6.07) is 5.75. The van der Waals surface area contributed by atoms with E-state index < -0.39 is 0 Å². The Kier molecular flexibility index (Phi) is 4.01. The Morgan fingerprint density at radius 3 is 2.95 bits per heavy atom. The lowest BCUT2D eigenvalue weighted by molar-refractivity contribution is 0.0709. The lowest BCUT2D eigenvalue weighted by Crippen LogP contribution is -2.51. The molecule has 1 aliphatic rings. The van der Waals surface area contributed by atoms with Crippen LogP contribution >= 0.6 is 12.4 Å². The maximum absolute atomic E-state index is 12.4. The molecule has 1 aliphatic heterocycles. The third-order valence-corrected chi connectivity index (χ3v) is 3.22. The fourth-order valence-electron chi connectivity index (χ4n) is 2.27. The van der Waals surface area contributed by atoms with Gasteiger partial charge in [-0.15, -0.1) is 12.4 Å². The van der Waals surface area contributed by atoms with Crippen LogP contribution in [-0.4, -0.2) is 51.9 Å². The molecule has 2 aromatic rings. The van der Waals surface area contributed by atoms with Gasteiger partial charge < -0.3 is 10.2 Å². The third kappa shape index (κ3) is 2.69. The molecule has 1 amide bonds. The number of piperazine rings is 1. The van der Waals surface area contributed by atoms with Crippen LogP contribution in [0.2, 0.25) is 0 Å². The number of aromatic amines is 1. The van der Waals surface area contributed by atoms with Crippen molar-refractivity contribution >= 4 is 29.3 Å². The Balaban J connectivity index is 0.00000133. The van der Waals surface area contributed by atoms with Crippen LogP contribution < -0.4 is 5.32 Å². The van der Waals surface area contributed by atoms with Crippen molar-refractivity contribution in [3.8, 4) is 0 Å². The van der Waals surface area contributed by atoms with E-state index in [4.69, 9.17) is 0 Å². The number of carbonyl (C=O) groups excluding carboxylic acids is 1. The average Bonchev–Trinajstić information content (AvgIpc) is 2.85. The molecular weight excluding hydrogens is 266 g/mol. The van der Waals surface area contributed by atoms with E-state index in [0.29, 0.717) is 11.6 Å². The van der Waals surface area contributed by atoms with Gasteiger partial charge in [-0.25, -0.2) is 0 Å². The summed E-state index contributed by atoms with van der Waals surface area (Å²) < 4.78 is 0. The minimum absolute atomic E-state index is 0. The molecule has 3 rings (SSSR count). The number of nitrogens with zero attached hydrogens (tertiary/aromatic N) is 3. The van der Waals surface area contributed by atoms with Crippen LogP contribution in [0, 0.1) is 0 Å². The number of hydrogen-bond donors (Lipinski definition) is 2. The van der Waals surface area contributed by atoms with Gasteiger partial charge in [0.1, 0.15) is 11.0 Å². The standard InChI is InChI=1S/C12H15N5O.ClH/c1-8-7-17(5-4-13-8)12(18)9-2-3-10-11(6-9)15-16-14-10;/h2-3,6,8,13H,4-5,7H2,1H3,(H,14,15,16);1H/t8-;/m1./s1. The van der Waals surface area contributed by atoms with Crippen molar-refractivity contribution in [3.63, 3.8) is 0 Å². The van der Waals surface area contributed by atoms with E-state index in [1.807, 2.05) is 11.0 Å². The highest BCUT2D eigenvalue weighted by Gasteiger charge is 2.21. The summed E-state index contributed by atoms with van der Waals surface area (Å²) in [5, 5.41) is 13.9. The first-order valence-electron chi connectivity index (χ1n) is 6.07. The molecule has 0 unspecified atom stereocenters. The molecule has 2 N–H and O–H groups in total. The highest BCUT2D eigenvalue weighted by Crippen LogP contribution is 2.13. The summed E-state index contributed by atoms with van der Waals surface area (Å²) in [6.07, 6.45) is 0. The van der Waals surface area contributed by atoms with E-state index in [1.165, 1.54) is 0 Å². The quantitative estimate of drug-likeness (QED) is 0.811. The van der Waals surface area contributed by atoms with Crippen molar-refractivity contribution in [1.29, 1.82) is 0 Å². The highest BCUT2D eigenvalue weighted by molar-refractivity contribution is 5.97. The summed E-state index contributed by atoms with van der Waals surface area (Å²) >= 11 is 0. The Labute approximate surface area is 117 Å². The lowest BCUT2D eigenvalue weighted by Gasteiger charge is -2.31. The van der Waals surface area contributed by atoms with Gasteiger partial charge in [0.05, 0.1) is 0 Å². The lowest BCUT2D eigenvalue weighted by atomic mass is 10.1. The molecule has 0 saturated carbocycles. The van der Waals surface area contributed by atoms with Gasteiger partial charge in [0.2, 0.25) is 0 Å². The molecule has 19 heavy (non-hydrogen) atoms. The molecule has 1 saturated heterocycles. The van der Waals surface area contributed by atoms with Gasteiger partial charge in [-0.1, -0.05) is 0 Å². The fourth-order valence-corrected chi connectivity index (χ4v) is 2.27. The second-order valence-electron chi connectivity index (χ2n) is 4.63. The van der Waals surface area contributed by atoms with E-state index >= 15 is 0 Å². The van der Waals surface area contributed by atoms with Gasteiger partial charge in [0, 0.05) is 31.2 Å². The molecule has 0 aliphatic carbocycles. The topological polar surface area (TPSA) is 73.9 Å². The summed E-state index contributed by atoms with van der Waals surface area (Å²) in [5.41, 5.74) is 2.18. The maximum Gasteiger partial charge on any atom is 0.254 e. The van der Waals surface area contributed by atoms with Gasteiger partial charge in [-0.05, 0) is 25.1 Å². The van der Waals surface area contributed by atoms with E-state index in [1.54, 1.807) is 12.1 Å². The first-order valence-corrected chi connectivity index (χ1v) is 6.07. The molecule has 6 nitrogen and oxygen atoms in total. The predicted molar refractivity (Wildman–Crippen MR) is 74.5 cm³/mol. The second kappa shape index (κ2) is 5.54. The van der Waals surface area contributed by atoms with E-state index in [-0.39, 0.29) is 18.3 Å². The Morgan fingerprint density at radius 1 is 1.37 bits per heavy atom. The van der Waals surface area contributed by atoms with Crippen molar-refractivity contribution in [1.82, 2.24) is 25.6 Å². The summed E-state index contributed by atoms with van der Waals surface area (Å²) in [6.45, 7) is 4.43. The molecule has 1 aromatic heterocycles. The first-order chi connectivity index (χ1) is 8.74. The number of H-pyrrole nitrogens is 1. The smallest absolute Gasteiger partial charge is 0.254 e. The van der Waals surface area contributed by atoms with Crippen LogP contribution in [0.4, 0.5) is 0 Å². The molecule has 1 fully saturated rings. The van der Waals surface area contributed by atoms with Crippen LogP contribution in [0.5, 0.6) is 0 Å². The zero-order valence-corrected chi connectivity index (χ0v) is 11.4. The van der Waals surface area contributed by atoms with Crippen LogP contribution in [0.25, 0.3) is 11.0 Å². The van der Waals surface area contributed by atoms with Gasteiger partial charge in [0.25, 0.3) is 5.91 Å². The first kappa shape index (κ1) is 13.8. The molecule has 1 atom stereocenters. The number of nitrogens with one attached hydrogen (secondary N) is 2. The van der Waals surface area contributed by atoms with Crippen molar-refractivity contribution in [2.24, 2.45) is 0 Å². The minimum atomic E-state index is 0. The molecule has 102 valence electrons. The number of aromatic nitrogens is 3. The molecule has 7 heteroatoms. The van der Waals surface area contributed by atoms with Gasteiger partial charge in [-0.3, -0.25) is 4.79 Å². The summed E-state index contributed by atoms with van der Waals surface area (Å²) in [4.78, 5) is 14.2. The largest absolute Gasteiger partial charge is 0.336 e. The maximum atomic E-state index is 12.4. The highest BCUT2D eigenvalue weighted by atomic mass is 35.5. The number of hydrogen-bond acceptors (Lipinski definition) is 4. The van der Waals surface area contributed by atoms with E-state index in [0.717, 1.165) is 30.7 Å². The Morgan fingerprint density at radius 2 is 2.16 bits per heavy atom. The molecule has 0 radical (unpaired) electrons. The van der Waals surface area contributed by atoms with Crippen LogP contribution in [-0.2, 0) is 0 Å². The normalized spacial score (nSPS) is 19.2. The SMILES string of the molecule is C[C@@H]1CN(C(=O)c2ccc3n[nH]nc3c2)CCN1.Cl. The number of fused-ring (bicyclic) bond motifs is 1. The zero-order valence-electron chi connectivity index (χ0n) is 10.6. The van der Waals surface area contributed by atoms with Gasteiger partial charge in [0.15, 0.2) is 0 Å². The van der Waals surface area contributed by atoms with Crippen molar-refractivity contribution in [3.05, 3.63) is 23.8 Å². The fraction of sp³-hybridized carbons (Fsp3) is 0.417. The van der Waals surface area contributed by atoms with E-state index in [9.17, 15) is 4.79 Å². The molecule has 2 heterocycles. The van der Waals surface area contributed by atoms with Crippen LogP contribution in [0.15, 0.2) is 18.2 Å². The van der Waals surface area contributed by atoms with Crippen molar-refractivity contribution < 1.29 is 4.79 Å². The summed E-state index contributed by atoms with van der Waals surface area (Å²) in [7, 11) is 0. The number of halogens is 1. The van der Waals surface area contributed by atoms with Gasteiger partial charge in [-0.2, -0.15) is 15.4 Å². The number of amides is 1. The van der Waals surface area contributed by atoms with E-state index in [2.05, 4.69) is 27.7 Å². The van der Waals surface area contributed by atoms with Crippen LogP contribution in [0.3, 0.4) is 0 Å². The van der Waals surface area contributed by atoms with Crippen molar-refractivity contribution in [2.75, 3.05) is 19.6 Å². The molecule has 1 aromatic carbocycles. The molecular formula is C12H16ClN5O. The summed E-state index contributed by atoms with van der Waals surface area (Å²) in [5.74, 6) is 0.0632. The predicted octanol–water partition coefficient (Wildman–Crippen LogP) is 0.814. The Bertz CT molecular complexity index is 584. The van der Waals surface area contributed by atoms with Crippen LogP contribution in [0.1, 0.15) is 17.3 Å². The molecule has 0 bridgehead atoms. The zero-order chi connectivity index (χ0) is 12.5. The number of benzene rings is 1.